The molecule has 3 aliphatic heterocycles. The van der Waals surface area contributed by atoms with E-state index in [1.807, 2.05) is 6.92 Å². The zero-order valence-corrected chi connectivity index (χ0v) is 12.2. The molecule has 4 nitrogen and oxygen atoms in total. The molecule has 0 aromatic rings. The second-order valence-corrected chi connectivity index (χ2v) is 7.91. The predicted octanol–water partition coefficient (Wildman–Crippen LogP) is 1.64. The topological polar surface area (TPSA) is 57.8 Å². The minimum atomic E-state index is -0.495. The Morgan fingerprint density at radius 2 is 1.79 bits per heavy atom. The Kier molecular flexibility index (Phi) is 2.22. The van der Waals surface area contributed by atoms with Crippen LogP contribution in [0.2, 0.25) is 0 Å². The van der Waals surface area contributed by atoms with E-state index in [0.29, 0.717) is 6.10 Å². The number of ether oxygens (including phenoxy) is 3. The molecule has 1 saturated carbocycles. The quantitative estimate of drug-likeness (QED) is 0.679. The van der Waals surface area contributed by atoms with Crippen LogP contribution in [-0.2, 0) is 14.2 Å². The Morgan fingerprint density at radius 1 is 1.05 bits per heavy atom. The molecular weight excluding hydrogens is 244 g/mol. The van der Waals surface area contributed by atoms with Crippen LogP contribution in [0.15, 0.2) is 0 Å². The molecular formula is C15H24O4. The van der Waals surface area contributed by atoms with E-state index >= 15 is 0 Å². The van der Waals surface area contributed by atoms with Crippen molar-refractivity contribution in [2.45, 2.75) is 88.7 Å². The lowest BCUT2D eigenvalue weighted by atomic mass is 9.79. The Bertz CT molecular complexity index is 422. The molecule has 3 saturated heterocycles. The lowest BCUT2D eigenvalue weighted by Crippen LogP contribution is -2.37. The fourth-order valence-corrected chi connectivity index (χ4v) is 3.98. The third-order valence-electron chi connectivity index (χ3n) is 5.82. The van der Waals surface area contributed by atoms with Crippen LogP contribution in [0.5, 0.6) is 0 Å². The molecule has 0 bridgehead atoms. The number of epoxide rings is 3. The van der Waals surface area contributed by atoms with Gasteiger partial charge in [-0.1, -0.05) is 13.8 Å². The molecule has 108 valence electrons. The van der Waals surface area contributed by atoms with Gasteiger partial charge >= 0.3 is 0 Å². The van der Waals surface area contributed by atoms with Crippen molar-refractivity contribution in [1.29, 1.82) is 0 Å². The molecule has 0 spiro atoms. The molecule has 0 aromatic carbocycles. The fourth-order valence-electron chi connectivity index (χ4n) is 3.98. The molecule has 3 heterocycles. The summed E-state index contributed by atoms with van der Waals surface area (Å²) in [6.45, 7) is 8.66. The number of aliphatic hydroxyl groups is 1. The van der Waals surface area contributed by atoms with Gasteiger partial charge in [0.1, 0.15) is 17.8 Å². The highest BCUT2D eigenvalue weighted by molar-refractivity contribution is 5.16. The summed E-state index contributed by atoms with van der Waals surface area (Å²) in [7, 11) is 0. The normalized spacial score (nSPS) is 62.1. The Balaban J connectivity index is 1.59. The molecule has 7 atom stereocenters. The summed E-state index contributed by atoms with van der Waals surface area (Å²) in [6, 6.07) is 0. The average molecular weight is 268 g/mol. The van der Waals surface area contributed by atoms with Crippen LogP contribution in [0, 0.1) is 5.41 Å². The summed E-state index contributed by atoms with van der Waals surface area (Å²) in [5, 5.41) is 10.5. The van der Waals surface area contributed by atoms with Gasteiger partial charge in [-0.3, -0.25) is 0 Å². The van der Waals surface area contributed by atoms with E-state index in [9.17, 15) is 5.11 Å². The first-order valence-corrected chi connectivity index (χ1v) is 7.45. The monoisotopic (exact) mass is 268 g/mol. The van der Waals surface area contributed by atoms with E-state index in [0.717, 1.165) is 19.3 Å². The van der Waals surface area contributed by atoms with Gasteiger partial charge in [-0.25, -0.2) is 0 Å². The van der Waals surface area contributed by atoms with Gasteiger partial charge in [0.05, 0.1) is 23.9 Å². The van der Waals surface area contributed by atoms with Gasteiger partial charge in [0, 0.05) is 0 Å². The summed E-state index contributed by atoms with van der Waals surface area (Å²) >= 11 is 0. The van der Waals surface area contributed by atoms with Crippen LogP contribution >= 0.6 is 0 Å². The van der Waals surface area contributed by atoms with Gasteiger partial charge in [-0.15, -0.1) is 0 Å². The summed E-state index contributed by atoms with van der Waals surface area (Å²) in [5.74, 6) is 0. The number of aliphatic hydroxyl groups excluding tert-OH is 1. The van der Waals surface area contributed by atoms with Crippen molar-refractivity contribution in [3.63, 3.8) is 0 Å². The molecule has 19 heavy (non-hydrogen) atoms. The highest BCUT2D eigenvalue weighted by atomic mass is 16.6. The zero-order chi connectivity index (χ0) is 13.6. The van der Waals surface area contributed by atoms with Crippen LogP contribution in [-0.4, -0.2) is 46.8 Å². The number of rotatable bonds is 0. The van der Waals surface area contributed by atoms with E-state index in [4.69, 9.17) is 14.2 Å². The van der Waals surface area contributed by atoms with Gasteiger partial charge in [0.2, 0.25) is 0 Å². The zero-order valence-electron chi connectivity index (χ0n) is 12.2. The van der Waals surface area contributed by atoms with Crippen molar-refractivity contribution in [2.75, 3.05) is 0 Å². The second kappa shape index (κ2) is 3.35. The summed E-state index contributed by atoms with van der Waals surface area (Å²) in [6.07, 6.45) is 3.09. The second-order valence-electron chi connectivity index (χ2n) is 7.91. The van der Waals surface area contributed by atoms with Gasteiger partial charge in [0.25, 0.3) is 0 Å². The van der Waals surface area contributed by atoms with Crippen molar-refractivity contribution in [2.24, 2.45) is 5.41 Å². The summed E-state index contributed by atoms with van der Waals surface area (Å²) < 4.78 is 17.5. The first kappa shape index (κ1) is 12.6. The Hall–Kier alpha value is -0.160. The maximum atomic E-state index is 10.5. The van der Waals surface area contributed by atoms with Gasteiger partial charge < -0.3 is 19.3 Å². The highest BCUT2D eigenvalue weighted by Gasteiger charge is 2.68. The number of hydrogen-bond acceptors (Lipinski definition) is 4. The first-order valence-electron chi connectivity index (χ1n) is 7.45. The van der Waals surface area contributed by atoms with E-state index in [2.05, 4.69) is 20.8 Å². The van der Waals surface area contributed by atoms with Crippen LogP contribution < -0.4 is 0 Å². The molecule has 4 aliphatic rings. The van der Waals surface area contributed by atoms with E-state index in [-0.39, 0.29) is 29.3 Å². The van der Waals surface area contributed by atoms with Crippen molar-refractivity contribution in [3.05, 3.63) is 0 Å². The maximum absolute atomic E-state index is 10.5. The fraction of sp³-hybridized carbons (Fsp3) is 1.00. The van der Waals surface area contributed by atoms with E-state index < -0.39 is 11.7 Å². The minimum absolute atomic E-state index is 0.0177. The summed E-state index contributed by atoms with van der Waals surface area (Å²) in [5.41, 5.74) is -0.330. The molecule has 1 N–H and O–H groups in total. The van der Waals surface area contributed by atoms with E-state index in [1.54, 1.807) is 0 Å². The lowest BCUT2D eigenvalue weighted by Gasteiger charge is -2.23. The number of fused-ring (bicyclic) bond motifs is 3. The van der Waals surface area contributed by atoms with Crippen molar-refractivity contribution in [3.8, 4) is 0 Å². The predicted molar refractivity (Wildman–Crippen MR) is 68.9 cm³/mol. The molecule has 0 unspecified atom stereocenters. The molecule has 0 aromatic heterocycles. The van der Waals surface area contributed by atoms with Gasteiger partial charge in [0.15, 0.2) is 0 Å². The smallest absolute Gasteiger partial charge is 0.120 e. The third kappa shape index (κ3) is 1.73. The van der Waals surface area contributed by atoms with E-state index in [1.165, 1.54) is 0 Å². The molecule has 4 rings (SSSR count). The lowest BCUT2D eigenvalue weighted by molar-refractivity contribution is 0.0593. The third-order valence-corrected chi connectivity index (χ3v) is 5.82. The molecule has 4 fully saturated rings. The average Bonchev–Trinajstić information content (AvgIpc) is 3.17. The first-order chi connectivity index (χ1) is 8.76. The van der Waals surface area contributed by atoms with Crippen molar-refractivity contribution in [1.82, 2.24) is 0 Å². The molecule has 4 heteroatoms. The number of hydrogen-bond donors (Lipinski definition) is 1. The molecule has 1 aliphatic carbocycles. The van der Waals surface area contributed by atoms with Gasteiger partial charge in [-0.2, -0.15) is 0 Å². The van der Waals surface area contributed by atoms with Gasteiger partial charge in [-0.05, 0) is 38.5 Å². The standard InChI is InChI=1S/C15H24O4/c1-13(2)7-9-14(3,18-9)6-5-8-15(4,19-8)11(16)10-12(13)17-10/h8-12,16H,5-7H2,1-4H3/t8-,9+,10-,11+,12-,14-,15-/m0/s1. The minimum Gasteiger partial charge on any atom is -0.387 e. The SMILES string of the molecule is CC1(C)C[C@H]2O[C@@]2(C)CC[C@@H]2O[C@]2(C)[C@H](O)[C@@H]2O[C@@H]21. The van der Waals surface area contributed by atoms with Crippen LogP contribution in [0.1, 0.15) is 47.0 Å². The van der Waals surface area contributed by atoms with Crippen molar-refractivity contribution >= 4 is 0 Å². The van der Waals surface area contributed by atoms with Crippen LogP contribution in [0.4, 0.5) is 0 Å². The summed E-state index contributed by atoms with van der Waals surface area (Å²) in [4.78, 5) is 0. The van der Waals surface area contributed by atoms with Crippen LogP contribution in [0.25, 0.3) is 0 Å². The highest BCUT2D eigenvalue weighted by Crippen LogP contribution is 2.56. The Labute approximate surface area is 114 Å². The Morgan fingerprint density at radius 3 is 2.53 bits per heavy atom. The van der Waals surface area contributed by atoms with Crippen LogP contribution in [0.3, 0.4) is 0 Å². The maximum Gasteiger partial charge on any atom is 0.120 e. The molecule has 0 radical (unpaired) electrons. The van der Waals surface area contributed by atoms with Crippen molar-refractivity contribution < 1.29 is 19.3 Å². The molecule has 0 amide bonds. The largest absolute Gasteiger partial charge is 0.387 e.